The molecule has 0 unspecified atom stereocenters. The lowest BCUT2D eigenvalue weighted by molar-refractivity contribution is -0.159. The highest BCUT2D eigenvalue weighted by Gasteiger charge is 2.43. The first-order valence-corrected chi connectivity index (χ1v) is 12.1. The number of rotatable bonds is 8. The predicted molar refractivity (Wildman–Crippen MR) is 124 cm³/mol. The van der Waals surface area contributed by atoms with Crippen molar-refractivity contribution in [1.82, 2.24) is 9.80 Å². The number of carbonyl (C=O) groups excluding carboxylic acids is 2. The van der Waals surface area contributed by atoms with Crippen LogP contribution in [0.3, 0.4) is 0 Å². The van der Waals surface area contributed by atoms with Gasteiger partial charge in [0.1, 0.15) is 18.3 Å². The first kappa shape index (κ1) is 23.2. The molecule has 2 amide bonds. The van der Waals surface area contributed by atoms with Crippen LogP contribution in [0.4, 0.5) is 0 Å². The molecule has 0 radical (unpaired) electrons. The van der Waals surface area contributed by atoms with Crippen LogP contribution >= 0.6 is 0 Å². The van der Waals surface area contributed by atoms with E-state index in [1.54, 1.807) is 24.3 Å². The molecule has 0 bridgehead atoms. The third-order valence-electron chi connectivity index (χ3n) is 6.59. The molecule has 4 rings (SSSR count). The van der Waals surface area contributed by atoms with Crippen molar-refractivity contribution in [1.29, 1.82) is 0 Å². The molecule has 1 atom stereocenters. The van der Waals surface area contributed by atoms with Gasteiger partial charge in [-0.3, -0.25) is 9.59 Å². The maximum Gasteiger partial charge on any atom is 0.250 e. The van der Waals surface area contributed by atoms with E-state index in [2.05, 4.69) is 0 Å². The van der Waals surface area contributed by atoms with Crippen molar-refractivity contribution in [2.75, 3.05) is 20.3 Å². The number of piperazine rings is 1. The van der Waals surface area contributed by atoms with Crippen LogP contribution in [0.5, 0.6) is 11.5 Å². The molecule has 7 heteroatoms. The van der Waals surface area contributed by atoms with Crippen molar-refractivity contribution in [2.24, 2.45) is 0 Å². The van der Waals surface area contributed by atoms with Gasteiger partial charge in [0.25, 0.3) is 5.91 Å². The van der Waals surface area contributed by atoms with Crippen LogP contribution in [0.25, 0.3) is 0 Å². The second kappa shape index (κ2) is 10.8. The number of methoxy groups -OCH3 is 1. The summed E-state index contributed by atoms with van der Waals surface area (Å²) in [5.74, 6) is 1.75. The molecule has 1 aliphatic carbocycles. The first-order valence-electron chi connectivity index (χ1n) is 12.1. The third kappa shape index (κ3) is 5.18. The van der Waals surface area contributed by atoms with Crippen molar-refractivity contribution in [2.45, 2.75) is 70.5 Å². The van der Waals surface area contributed by atoms with Crippen molar-refractivity contribution in [3.05, 3.63) is 47.9 Å². The van der Waals surface area contributed by atoms with Crippen LogP contribution in [-0.4, -0.2) is 47.9 Å². The van der Waals surface area contributed by atoms with Crippen molar-refractivity contribution in [3.8, 4) is 11.5 Å². The number of benzene rings is 1. The lowest BCUT2D eigenvalue weighted by Crippen LogP contribution is -2.57. The Labute approximate surface area is 195 Å². The summed E-state index contributed by atoms with van der Waals surface area (Å²) in [5, 5.41) is 0. The van der Waals surface area contributed by atoms with Crippen LogP contribution in [0.15, 0.2) is 41.0 Å². The summed E-state index contributed by atoms with van der Waals surface area (Å²) in [4.78, 5) is 30.8. The number of nitrogens with zero attached hydrogens (tertiary/aromatic N) is 2. The fourth-order valence-electron chi connectivity index (χ4n) is 4.89. The van der Waals surface area contributed by atoms with Crippen LogP contribution in [0.1, 0.15) is 69.2 Å². The zero-order valence-electron chi connectivity index (χ0n) is 19.6. The van der Waals surface area contributed by atoms with E-state index in [4.69, 9.17) is 13.9 Å². The van der Waals surface area contributed by atoms with E-state index in [0.29, 0.717) is 23.9 Å². The number of amides is 2. The summed E-state index contributed by atoms with van der Waals surface area (Å²) in [6.45, 7) is 2.99. The topological polar surface area (TPSA) is 72.2 Å². The molecule has 1 saturated carbocycles. The molecule has 178 valence electrons. The Morgan fingerprint density at radius 3 is 2.52 bits per heavy atom. The minimum atomic E-state index is -0.728. The van der Waals surface area contributed by atoms with Gasteiger partial charge in [-0.1, -0.05) is 38.7 Å². The van der Waals surface area contributed by atoms with Gasteiger partial charge in [-0.25, -0.2) is 0 Å². The summed E-state index contributed by atoms with van der Waals surface area (Å²) < 4.78 is 16.9. The molecule has 33 heavy (non-hydrogen) atoms. The molecule has 1 aromatic heterocycles. The van der Waals surface area contributed by atoms with E-state index in [0.717, 1.165) is 37.7 Å². The van der Waals surface area contributed by atoms with E-state index in [-0.39, 0.29) is 30.9 Å². The molecule has 2 aromatic rings. The highest BCUT2D eigenvalue weighted by atomic mass is 16.5. The van der Waals surface area contributed by atoms with Gasteiger partial charge in [0.15, 0.2) is 11.5 Å². The maximum absolute atomic E-state index is 13.9. The SMILES string of the molecule is CCCOc1ccc([C@@H]2C(=O)N(C3CCCCCC3)CC(=O)N2Cc2ccco2)cc1OC. The third-order valence-corrected chi connectivity index (χ3v) is 6.59. The predicted octanol–water partition coefficient (Wildman–Crippen LogP) is 4.71. The molecule has 1 aromatic carbocycles. The largest absolute Gasteiger partial charge is 0.493 e. The Morgan fingerprint density at radius 2 is 1.85 bits per heavy atom. The standard InChI is InChI=1S/C26H34N2O5/c1-3-14-33-22-13-12-19(16-23(22)31-2)25-26(30)27(20-9-6-4-5-7-10-20)18-24(29)28(25)17-21-11-8-15-32-21/h8,11-13,15-16,20,25H,3-7,9-10,14,17-18H2,1-2H3/t25-/m1/s1. The highest BCUT2D eigenvalue weighted by molar-refractivity contribution is 5.95. The van der Waals surface area contributed by atoms with E-state index in [1.165, 1.54) is 12.8 Å². The lowest BCUT2D eigenvalue weighted by Gasteiger charge is -2.43. The fraction of sp³-hybridized carbons (Fsp3) is 0.538. The lowest BCUT2D eigenvalue weighted by atomic mass is 9.97. The van der Waals surface area contributed by atoms with Gasteiger partial charge in [-0.15, -0.1) is 0 Å². The van der Waals surface area contributed by atoms with Gasteiger partial charge in [-0.05, 0) is 49.1 Å². The van der Waals surface area contributed by atoms with Gasteiger partial charge >= 0.3 is 0 Å². The Bertz CT molecular complexity index is 934. The summed E-state index contributed by atoms with van der Waals surface area (Å²) in [7, 11) is 1.59. The van der Waals surface area contributed by atoms with Crippen molar-refractivity contribution < 1.29 is 23.5 Å². The Kier molecular flexibility index (Phi) is 7.57. The summed E-state index contributed by atoms with van der Waals surface area (Å²) in [5.41, 5.74) is 0.721. The van der Waals surface area contributed by atoms with E-state index >= 15 is 0 Å². The average molecular weight is 455 g/mol. The average Bonchev–Trinajstić information content (AvgIpc) is 3.19. The zero-order valence-corrected chi connectivity index (χ0v) is 19.6. The quantitative estimate of drug-likeness (QED) is 0.540. The second-order valence-electron chi connectivity index (χ2n) is 8.87. The van der Waals surface area contributed by atoms with Gasteiger partial charge in [-0.2, -0.15) is 0 Å². The van der Waals surface area contributed by atoms with Gasteiger partial charge in [0, 0.05) is 6.04 Å². The maximum atomic E-state index is 13.9. The minimum Gasteiger partial charge on any atom is -0.493 e. The van der Waals surface area contributed by atoms with E-state index in [9.17, 15) is 9.59 Å². The zero-order chi connectivity index (χ0) is 23.2. The molecule has 1 aliphatic heterocycles. The Morgan fingerprint density at radius 1 is 1.06 bits per heavy atom. The highest BCUT2D eigenvalue weighted by Crippen LogP contribution is 2.37. The molecule has 1 saturated heterocycles. The fourth-order valence-corrected chi connectivity index (χ4v) is 4.89. The monoisotopic (exact) mass is 454 g/mol. The van der Waals surface area contributed by atoms with E-state index < -0.39 is 6.04 Å². The van der Waals surface area contributed by atoms with Gasteiger partial charge in [0.05, 0.1) is 26.5 Å². The van der Waals surface area contributed by atoms with Crippen LogP contribution < -0.4 is 9.47 Å². The second-order valence-corrected chi connectivity index (χ2v) is 8.87. The van der Waals surface area contributed by atoms with Gasteiger partial charge in [0.2, 0.25) is 5.91 Å². The Hall–Kier alpha value is -2.96. The minimum absolute atomic E-state index is 0.0302. The number of furan rings is 1. The Balaban J connectivity index is 1.68. The van der Waals surface area contributed by atoms with Crippen molar-refractivity contribution >= 4 is 11.8 Å². The number of carbonyl (C=O) groups is 2. The summed E-state index contributed by atoms with van der Waals surface area (Å²) in [6.07, 6.45) is 8.96. The number of ether oxygens (including phenoxy) is 2. The van der Waals surface area contributed by atoms with Gasteiger partial charge < -0.3 is 23.7 Å². The van der Waals surface area contributed by atoms with Crippen LogP contribution in [0, 0.1) is 0 Å². The molecule has 0 spiro atoms. The van der Waals surface area contributed by atoms with Crippen LogP contribution in [0.2, 0.25) is 0 Å². The summed E-state index contributed by atoms with van der Waals surface area (Å²) in [6, 6.07) is 8.54. The smallest absolute Gasteiger partial charge is 0.250 e. The molecular formula is C26H34N2O5. The molecule has 2 heterocycles. The van der Waals surface area contributed by atoms with Crippen LogP contribution in [-0.2, 0) is 16.1 Å². The molecule has 2 fully saturated rings. The summed E-state index contributed by atoms with van der Waals surface area (Å²) >= 11 is 0. The normalized spacial score (nSPS) is 20.1. The molecule has 0 N–H and O–H groups in total. The molecular weight excluding hydrogens is 420 g/mol. The van der Waals surface area contributed by atoms with Crippen molar-refractivity contribution in [3.63, 3.8) is 0 Å². The van der Waals surface area contributed by atoms with E-state index in [1.807, 2.05) is 36.1 Å². The number of hydrogen-bond acceptors (Lipinski definition) is 5. The first-order chi connectivity index (χ1) is 16.1. The number of hydrogen-bond donors (Lipinski definition) is 0. The molecule has 2 aliphatic rings. The molecule has 7 nitrogen and oxygen atoms in total.